The number of aromatic nitrogens is 1. The van der Waals surface area contributed by atoms with Crippen LogP contribution in [0.15, 0.2) is 42.6 Å². The summed E-state index contributed by atoms with van der Waals surface area (Å²) in [5.74, 6) is 0.000758. The molecule has 0 radical (unpaired) electrons. The molecule has 0 bridgehead atoms. The highest BCUT2D eigenvalue weighted by Gasteiger charge is 2.31. The number of hydrogen-bond donors (Lipinski definition) is 0. The fourth-order valence-corrected chi connectivity index (χ4v) is 4.31. The molecule has 0 spiro atoms. The number of carbonyl (C=O) groups is 1. The van der Waals surface area contributed by atoms with Crippen LogP contribution in [-0.2, 0) is 11.8 Å². The largest absolute Gasteiger partial charge is 0.368 e. The number of anilines is 1. The molecule has 2 aliphatic rings. The van der Waals surface area contributed by atoms with Crippen molar-refractivity contribution in [2.24, 2.45) is 7.05 Å². The van der Waals surface area contributed by atoms with Gasteiger partial charge in [0.1, 0.15) is 5.82 Å². The monoisotopic (exact) mass is 370 g/mol. The maximum absolute atomic E-state index is 13.1. The molecule has 2 aromatic rings. The van der Waals surface area contributed by atoms with E-state index in [-0.39, 0.29) is 11.7 Å². The molecule has 144 valence electrons. The van der Waals surface area contributed by atoms with Crippen LogP contribution in [-0.4, -0.2) is 59.5 Å². The first-order chi connectivity index (χ1) is 13.1. The molecule has 1 aromatic heterocycles. The first kappa shape index (κ1) is 18.0. The molecule has 1 atom stereocenters. The highest BCUT2D eigenvalue weighted by molar-refractivity contribution is 5.78. The number of benzene rings is 1. The number of halogens is 1. The molecule has 0 aliphatic carbocycles. The van der Waals surface area contributed by atoms with E-state index in [1.165, 1.54) is 17.8 Å². The number of carbonyl (C=O) groups excluding carboxylic acids is 1. The van der Waals surface area contributed by atoms with Crippen molar-refractivity contribution in [2.45, 2.75) is 18.9 Å². The van der Waals surface area contributed by atoms with Gasteiger partial charge in [0.25, 0.3) is 0 Å². The summed E-state index contributed by atoms with van der Waals surface area (Å²) in [6, 6.07) is 11.2. The predicted octanol–water partition coefficient (Wildman–Crippen LogP) is 2.65. The Morgan fingerprint density at radius 3 is 2.48 bits per heavy atom. The van der Waals surface area contributed by atoms with Crippen molar-refractivity contribution in [3.8, 4) is 0 Å². The van der Waals surface area contributed by atoms with Crippen molar-refractivity contribution < 1.29 is 9.18 Å². The zero-order chi connectivity index (χ0) is 18.8. The zero-order valence-corrected chi connectivity index (χ0v) is 15.9. The molecule has 1 amide bonds. The van der Waals surface area contributed by atoms with Crippen molar-refractivity contribution in [2.75, 3.05) is 44.2 Å². The number of rotatable bonds is 4. The van der Waals surface area contributed by atoms with Gasteiger partial charge < -0.3 is 14.4 Å². The third-order valence-electron chi connectivity index (χ3n) is 5.85. The van der Waals surface area contributed by atoms with Crippen LogP contribution in [0.25, 0.3) is 0 Å². The lowest BCUT2D eigenvalue weighted by Gasteiger charge is -2.37. The average molecular weight is 370 g/mol. The number of nitrogens with zero attached hydrogens (tertiary/aromatic N) is 4. The second-order valence-corrected chi connectivity index (χ2v) is 7.52. The minimum absolute atomic E-state index is 0.217. The van der Waals surface area contributed by atoms with Gasteiger partial charge in [-0.1, -0.05) is 0 Å². The van der Waals surface area contributed by atoms with E-state index >= 15 is 0 Å². The Bertz CT molecular complexity index is 780. The molecule has 5 nitrogen and oxygen atoms in total. The molecular weight excluding hydrogens is 343 g/mol. The normalized spacial score (nSPS) is 21.0. The topological polar surface area (TPSA) is 31.7 Å². The molecule has 2 fully saturated rings. The molecule has 6 heteroatoms. The summed E-state index contributed by atoms with van der Waals surface area (Å²) in [5.41, 5.74) is 2.31. The smallest absolute Gasteiger partial charge is 0.236 e. The summed E-state index contributed by atoms with van der Waals surface area (Å²) >= 11 is 0. The van der Waals surface area contributed by atoms with Gasteiger partial charge in [0.2, 0.25) is 5.91 Å². The summed E-state index contributed by atoms with van der Waals surface area (Å²) in [7, 11) is 2.07. The second kappa shape index (κ2) is 7.72. The van der Waals surface area contributed by atoms with E-state index < -0.39 is 0 Å². The molecular formula is C21H27FN4O. The van der Waals surface area contributed by atoms with Gasteiger partial charge in [0.15, 0.2) is 0 Å². The van der Waals surface area contributed by atoms with Gasteiger partial charge in [-0.05, 0) is 55.8 Å². The lowest BCUT2D eigenvalue weighted by atomic mass is 10.1. The highest BCUT2D eigenvalue weighted by Crippen LogP contribution is 2.31. The van der Waals surface area contributed by atoms with Crippen LogP contribution in [0.2, 0.25) is 0 Å². The van der Waals surface area contributed by atoms with Gasteiger partial charge in [-0.15, -0.1) is 0 Å². The molecule has 0 N–H and O–H groups in total. The van der Waals surface area contributed by atoms with Crippen molar-refractivity contribution >= 4 is 11.6 Å². The van der Waals surface area contributed by atoms with Crippen LogP contribution in [0.3, 0.4) is 0 Å². The Kier molecular flexibility index (Phi) is 5.16. The van der Waals surface area contributed by atoms with Crippen molar-refractivity contribution in [3.05, 3.63) is 54.1 Å². The third-order valence-corrected chi connectivity index (χ3v) is 5.85. The van der Waals surface area contributed by atoms with Crippen LogP contribution in [0.5, 0.6) is 0 Å². The number of hydrogen-bond acceptors (Lipinski definition) is 3. The molecule has 4 rings (SSSR count). The number of amides is 1. The van der Waals surface area contributed by atoms with E-state index in [4.69, 9.17) is 0 Å². The van der Waals surface area contributed by atoms with E-state index in [1.807, 2.05) is 17.0 Å². The van der Waals surface area contributed by atoms with Crippen LogP contribution in [0.4, 0.5) is 10.1 Å². The molecule has 1 unspecified atom stereocenters. The average Bonchev–Trinajstić information content (AvgIpc) is 3.31. The molecule has 2 aliphatic heterocycles. The predicted molar refractivity (Wildman–Crippen MR) is 104 cm³/mol. The maximum atomic E-state index is 13.1. The van der Waals surface area contributed by atoms with Gasteiger partial charge in [-0.3, -0.25) is 9.69 Å². The van der Waals surface area contributed by atoms with Crippen LogP contribution >= 0.6 is 0 Å². The zero-order valence-electron chi connectivity index (χ0n) is 15.9. The van der Waals surface area contributed by atoms with Crippen molar-refractivity contribution in [1.29, 1.82) is 0 Å². The first-order valence-corrected chi connectivity index (χ1v) is 9.75. The summed E-state index contributed by atoms with van der Waals surface area (Å²) in [6.07, 6.45) is 4.33. The SMILES string of the molecule is Cn1cccc1C1CCCN1CC(=O)N1CCN(c2ccc(F)cc2)CC1. The Labute approximate surface area is 160 Å². The molecule has 2 saturated heterocycles. The summed E-state index contributed by atoms with van der Waals surface area (Å²) in [4.78, 5) is 19.4. The summed E-state index contributed by atoms with van der Waals surface area (Å²) < 4.78 is 15.3. The maximum Gasteiger partial charge on any atom is 0.236 e. The van der Waals surface area contributed by atoms with Crippen molar-refractivity contribution in [3.63, 3.8) is 0 Å². The van der Waals surface area contributed by atoms with E-state index in [0.717, 1.165) is 51.3 Å². The Morgan fingerprint density at radius 2 is 1.81 bits per heavy atom. The summed E-state index contributed by atoms with van der Waals surface area (Å²) in [6.45, 7) is 4.50. The molecule has 1 aromatic carbocycles. The van der Waals surface area contributed by atoms with Gasteiger partial charge in [0, 0.05) is 50.8 Å². The number of piperazine rings is 1. The number of aryl methyl sites for hydroxylation is 1. The van der Waals surface area contributed by atoms with Crippen molar-refractivity contribution in [1.82, 2.24) is 14.4 Å². The molecule has 3 heterocycles. The van der Waals surface area contributed by atoms with Gasteiger partial charge in [0.05, 0.1) is 12.6 Å². The fourth-order valence-electron chi connectivity index (χ4n) is 4.31. The van der Waals surface area contributed by atoms with E-state index in [0.29, 0.717) is 12.6 Å². The Morgan fingerprint density at radius 1 is 1.07 bits per heavy atom. The van der Waals surface area contributed by atoms with E-state index in [1.54, 1.807) is 0 Å². The van der Waals surface area contributed by atoms with Crippen LogP contribution < -0.4 is 4.90 Å². The Hall–Kier alpha value is -2.34. The van der Waals surface area contributed by atoms with Gasteiger partial charge in [-0.2, -0.15) is 0 Å². The molecule has 27 heavy (non-hydrogen) atoms. The molecule has 0 saturated carbocycles. The van der Waals surface area contributed by atoms with E-state index in [2.05, 4.69) is 39.7 Å². The minimum atomic E-state index is -0.217. The fraction of sp³-hybridized carbons (Fsp3) is 0.476. The van der Waals surface area contributed by atoms with E-state index in [9.17, 15) is 9.18 Å². The quantitative estimate of drug-likeness (QED) is 0.829. The first-order valence-electron chi connectivity index (χ1n) is 9.75. The standard InChI is InChI=1S/C21H27FN4O/c1-23-10-2-4-19(23)20-5-3-11-26(20)16-21(27)25-14-12-24(13-15-25)18-8-6-17(22)7-9-18/h2,4,6-10,20H,3,5,11-16H2,1H3. The van der Waals surface area contributed by atoms with Crippen LogP contribution in [0, 0.1) is 5.82 Å². The summed E-state index contributed by atoms with van der Waals surface area (Å²) in [5, 5.41) is 0. The highest BCUT2D eigenvalue weighted by atomic mass is 19.1. The van der Waals surface area contributed by atoms with Gasteiger partial charge >= 0.3 is 0 Å². The second-order valence-electron chi connectivity index (χ2n) is 7.52. The Balaban J connectivity index is 1.33. The lowest BCUT2D eigenvalue weighted by molar-refractivity contribution is -0.133. The third kappa shape index (κ3) is 3.86. The van der Waals surface area contributed by atoms with Gasteiger partial charge in [-0.25, -0.2) is 4.39 Å². The lowest BCUT2D eigenvalue weighted by Crippen LogP contribution is -2.51. The number of likely N-dealkylation sites (tertiary alicyclic amines) is 1. The van der Waals surface area contributed by atoms with Crippen LogP contribution in [0.1, 0.15) is 24.6 Å². The minimum Gasteiger partial charge on any atom is -0.368 e.